The number of aromatic nitrogens is 2. The van der Waals surface area contributed by atoms with Crippen LogP contribution in [0, 0.1) is 0 Å². The van der Waals surface area contributed by atoms with Gasteiger partial charge in [-0.15, -0.1) is 0 Å². The van der Waals surface area contributed by atoms with Crippen LogP contribution in [0.1, 0.15) is 43.1 Å². The van der Waals surface area contributed by atoms with Gasteiger partial charge >= 0.3 is 5.97 Å². The predicted molar refractivity (Wildman–Crippen MR) is 128 cm³/mol. The number of nitrogens with zero attached hydrogens (tertiary/aromatic N) is 3. The van der Waals surface area contributed by atoms with E-state index in [2.05, 4.69) is 17.3 Å². The minimum atomic E-state index is -0.804. The lowest BCUT2D eigenvalue weighted by molar-refractivity contribution is -0.124. The molecule has 0 atom stereocenters. The molecule has 2 aromatic carbocycles. The van der Waals surface area contributed by atoms with Gasteiger partial charge in [-0.25, -0.2) is 9.48 Å². The smallest absolute Gasteiger partial charge is 0.359 e. The van der Waals surface area contributed by atoms with Crippen LogP contribution in [0.15, 0.2) is 53.3 Å². The standard InChI is InChI=1S/C25H26N4O5/c1-2-3-4-9-14-29-24(32)18-11-6-5-10-17(18)23(27-29)25(33)34-16-22(31)28-15-21(30)26-19-12-7-8-13-20(19)28/h5-8,10-13H,2-4,9,14-16H2,1H3,(H,26,30). The lowest BCUT2D eigenvalue weighted by Crippen LogP contribution is -2.44. The highest BCUT2D eigenvalue weighted by atomic mass is 16.5. The minimum Gasteiger partial charge on any atom is -0.451 e. The maximum atomic E-state index is 12.9. The summed E-state index contributed by atoms with van der Waals surface area (Å²) in [6.07, 6.45) is 3.84. The first-order valence-electron chi connectivity index (χ1n) is 11.4. The monoisotopic (exact) mass is 462 g/mol. The Balaban J connectivity index is 1.54. The second kappa shape index (κ2) is 10.3. The van der Waals surface area contributed by atoms with Crippen molar-refractivity contribution < 1.29 is 19.1 Å². The summed E-state index contributed by atoms with van der Waals surface area (Å²) < 4.78 is 6.59. The van der Waals surface area contributed by atoms with Gasteiger partial charge in [0, 0.05) is 11.9 Å². The van der Waals surface area contributed by atoms with E-state index in [0.717, 1.165) is 25.7 Å². The quantitative estimate of drug-likeness (QED) is 0.407. The van der Waals surface area contributed by atoms with Crippen molar-refractivity contribution in [1.82, 2.24) is 9.78 Å². The third-order valence-corrected chi connectivity index (χ3v) is 5.68. The SMILES string of the molecule is CCCCCCn1nc(C(=O)OCC(=O)N2CC(=O)Nc3ccccc32)c2ccccc2c1=O. The normalized spacial score (nSPS) is 12.9. The summed E-state index contributed by atoms with van der Waals surface area (Å²) in [5, 5.41) is 7.73. The van der Waals surface area contributed by atoms with Gasteiger partial charge in [-0.1, -0.05) is 56.5 Å². The lowest BCUT2D eigenvalue weighted by atomic mass is 10.1. The summed E-state index contributed by atoms with van der Waals surface area (Å²) in [4.78, 5) is 51.9. The van der Waals surface area contributed by atoms with E-state index in [4.69, 9.17) is 4.74 Å². The van der Waals surface area contributed by atoms with Gasteiger partial charge in [0.05, 0.1) is 16.8 Å². The van der Waals surface area contributed by atoms with Gasteiger partial charge in [-0.2, -0.15) is 5.10 Å². The van der Waals surface area contributed by atoms with Crippen molar-refractivity contribution in [2.24, 2.45) is 0 Å². The van der Waals surface area contributed by atoms with E-state index in [1.165, 1.54) is 9.58 Å². The van der Waals surface area contributed by atoms with Crippen molar-refractivity contribution in [1.29, 1.82) is 0 Å². The Kier molecular flexibility index (Phi) is 7.01. The molecule has 176 valence electrons. The second-order valence-corrected chi connectivity index (χ2v) is 8.10. The lowest BCUT2D eigenvalue weighted by Gasteiger charge is -2.28. The molecular weight excluding hydrogens is 436 g/mol. The Morgan fingerprint density at radius 3 is 2.53 bits per heavy atom. The Labute approximate surface area is 196 Å². The Hall–Kier alpha value is -4.01. The number of unbranched alkanes of at least 4 members (excludes halogenated alkanes) is 3. The fraction of sp³-hybridized carbons (Fsp3) is 0.320. The van der Waals surface area contributed by atoms with E-state index in [-0.39, 0.29) is 23.7 Å². The van der Waals surface area contributed by atoms with Crippen LogP contribution in [-0.4, -0.2) is 40.7 Å². The molecule has 9 nitrogen and oxygen atoms in total. The molecular formula is C25H26N4O5. The van der Waals surface area contributed by atoms with Gasteiger partial charge in [-0.3, -0.25) is 19.3 Å². The van der Waals surface area contributed by atoms with Crippen LogP contribution in [0.5, 0.6) is 0 Å². The number of ether oxygens (including phenoxy) is 1. The number of anilines is 2. The van der Waals surface area contributed by atoms with Crippen molar-refractivity contribution in [3.05, 3.63) is 64.6 Å². The molecule has 1 aliphatic rings. The number of benzene rings is 2. The first-order chi connectivity index (χ1) is 16.5. The molecule has 1 aromatic heterocycles. The average Bonchev–Trinajstić information content (AvgIpc) is 2.85. The number of rotatable bonds is 8. The van der Waals surface area contributed by atoms with Crippen molar-refractivity contribution in [3.8, 4) is 0 Å². The zero-order chi connectivity index (χ0) is 24.1. The second-order valence-electron chi connectivity index (χ2n) is 8.10. The van der Waals surface area contributed by atoms with Crippen LogP contribution in [0.2, 0.25) is 0 Å². The maximum absolute atomic E-state index is 12.9. The van der Waals surface area contributed by atoms with Crippen LogP contribution >= 0.6 is 0 Å². The maximum Gasteiger partial charge on any atom is 0.359 e. The molecule has 2 heterocycles. The molecule has 0 aliphatic carbocycles. The van der Waals surface area contributed by atoms with E-state index in [1.807, 2.05) is 0 Å². The highest BCUT2D eigenvalue weighted by molar-refractivity contribution is 6.11. The van der Waals surface area contributed by atoms with E-state index in [0.29, 0.717) is 28.7 Å². The molecule has 3 aromatic rings. The summed E-state index contributed by atoms with van der Waals surface area (Å²) in [5.41, 5.74) is 0.763. The van der Waals surface area contributed by atoms with Gasteiger partial charge in [-0.05, 0) is 24.6 Å². The molecule has 9 heteroatoms. The average molecular weight is 463 g/mol. The fourth-order valence-electron chi connectivity index (χ4n) is 3.96. The number of esters is 1. The number of hydrogen-bond donors (Lipinski definition) is 1. The molecule has 0 radical (unpaired) electrons. The fourth-order valence-corrected chi connectivity index (χ4v) is 3.96. The number of nitrogens with one attached hydrogen (secondary N) is 1. The van der Waals surface area contributed by atoms with Gasteiger partial charge in [0.15, 0.2) is 12.3 Å². The Morgan fingerprint density at radius 2 is 1.74 bits per heavy atom. The molecule has 0 saturated carbocycles. The van der Waals surface area contributed by atoms with Crippen LogP contribution < -0.4 is 15.8 Å². The number of hydrogen-bond acceptors (Lipinski definition) is 6. The summed E-state index contributed by atoms with van der Waals surface area (Å²) in [6.45, 7) is 1.76. The number of fused-ring (bicyclic) bond motifs is 2. The number of para-hydroxylation sites is 2. The van der Waals surface area contributed by atoms with E-state index in [9.17, 15) is 19.2 Å². The molecule has 0 saturated heterocycles. The highest BCUT2D eigenvalue weighted by Crippen LogP contribution is 2.28. The Morgan fingerprint density at radius 1 is 1.00 bits per heavy atom. The summed E-state index contributed by atoms with van der Waals surface area (Å²) in [6, 6.07) is 13.6. The topological polar surface area (TPSA) is 111 Å². The van der Waals surface area contributed by atoms with Gasteiger partial charge in [0.1, 0.15) is 6.54 Å². The van der Waals surface area contributed by atoms with Crippen LogP contribution in [-0.2, 0) is 20.9 Å². The van der Waals surface area contributed by atoms with Crippen LogP contribution in [0.3, 0.4) is 0 Å². The molecule has 0 bridgehead atoms. The van der Waals surface area contributed by atoms with Crippen molar-refractivity contribution in [2.75, 3.05) is 23.4 Å². The first kappa shape index (κ1) is 23.2. The Bertz CT molecular complexity index is 1300. The first-order valence-corrected chi connectivity index (χ1v) is 11.4. The number of carbonyl (C=O) groups excluding carboxylic acids is 3. The molecule has 1 N–H and O–H groups in total. The molecule has 1 aliphatic heterocycles. The van der Waals surface area contributed by atoms with Crippen molar-refractivity contribution in [3.63, 3.8) is 0 Å². The van der Waals surface area contributed by atoms with Crippen LogP contribution in [0.25, 0.3) is 10.8 Å². The zero-order valence-electron chi connectivity index (χ0n) is 19.0. The molecule has 0 unspecified atom stereocenters. The number of carbonyl (C=O) groups is 3. The largest absolute Gasteiger partial charge is 0.451 e. The van der Waals surface area contributed by atoms with Crippen molar-refractivity contribution in [2.45, 2.75) is 39.2 Å². The summed E-state index contributed by atoms with van der Waals surface area (Å²) >= 11 is 0. The minimum absolute atomic E-state index is 0.0183. The molecule has 34 heavy (non-hydrogen) atoms. The number of amides is 2. The molecule has 0 fully saturated rings. The van der Waals surface area contributed by atoms with E-state index in [1.54, 1.807) is 48.5 Å². The third-order valence-electron chi connectivity index (χ3n) is 5.68. The van der Waals surface area contributed by atoms with Crippen LogP contribution in [0.4, 0.5) is 11.4 Å². The summed E-state index contributed by atoms with van der Waals surface area (Å²) in [7, 11) is 0. The van der Waals surface area contributed by atoms with E-state index >= 15 is 0 Å². The van der Waals surface area contributed by atoms with Gasteiger partial charge in [0.25, 0.3) is 11.5 Å². The third kappa shape index (κ3) is 4.83. The summed E-state index contributed by atoms with van der Waals surface area (Å²) in [5.74, 6) is -1.67. The zero-order valence-corrected chi connectivity index (χ0v) is 19.0. The van der Waals surface area contributed by atoms with Gasteiger partial charge < -0.3 is 10.1 Å². The van der Waals surface area contributed by atoms with Gasteiger partial charge in [0.2, 0.25) is 5.91 Å². The van der Waals surface area contributed by atoms with E-state index < -0.39 is 18.5 Å². The number of aryl methyl sites for hydroxylation is 1. The highest BCUT2D eigenvalue weighted by Gasteiger charge is 2.28. The predicted octanol–water partition coefficient (Wildman–Crippen LogP) is 3.12. The molecule has 2 amide bonds. The molecule has 0 spiro atoms. The van der Waals surface area contributed by atoms with Crippen molar-refractivity contribution >= 4 is 39.9 Å². The molecule has 4 rings (SSSR count).